The highest BCUT2D eigenvalue weighted by Gasteiger charge is 1.88. The third-order valence-electron chi connectivity index (χ3n) is 2.81. The predicted octanol–water partition coefficient (Wildman–Crippen LogP) is 6.04. The fourth-order valence-corrected chi connectivity index (χ4v) is 1.74. The molecule has 0 aliphatic carbocycles. The van der Waals surface area contributed by atoms with Crippen molar-refractivity contribution in [1.82, 2.24) is 0 Å². The first-order valence-corrected chi connectivity index (χ1v) is 7.23. The molecule has 0 fully saturated rings. The minimum absolute atomic E-state index is 1.21. The van der Waals surface area contributed by atoms with Gasteiger partial charge in [-0.15, -0.1) is 0 Å². The maximum absolute atomic E-state index is 2.30. The van der Waals surface area contributed by atoms with Crippen LogP contribution in [0.1, 0.15) is 78.1 Å². The second kappa shape index (κ2) is 14.5. The smallest absolute Gasteiger partial charge is 0.0348 e. The van der Waals surface area contributed by atoms with E-state index in [0.717, 1.165) is 0 Å². The quantitative estimate of drug-likeness (QED) is 0.295. The van der Waals surface area contributed by atoms with Crippen molar-refractivity contribution in [2.75, 3.05) is 0 Å². The monoisotopic (exact) mass is 222 g/mol. The van der Waals surface area contributed by atoms with Gasteiger partial charge < -0.3 is 0 Å². The van der Waals surface area contributed by atoms with Crippen LogP contribution in [0.5, 0.6) is 0 Å². The van der Waals surface area contributed by atoms with Crippen LogP contribution < -0.4 is 0 Å². The summed E-state index contributed by atoms with van der Waals surface area (Å²) < 4.78 is 0. The van der Waals surface area contributed by atoms with Crippen molar-refractivity contribution < 1.29 is 0 Å². The van der Waals surface area contributed by atoms with Gasteiger partial charge in [0.1, 0.15) is 0 Å². The molecule has 0 heterocycles. The highest BCUT2D eigenvalue weighted by molar-refractivity contribution is 5.02. The highest BCUT2D eigenvalue weighted by Crippen LogP contribution is 2.08. The first-order valence-electron chi connectivity index (χ1n) is 7.23. The summed E-state index contributed by atoms with van der Waals surface area (Å²) in [6.07, 6.45) is 22.5. The van der Waals surface area contributed by atoms with Crippen LogP contribution in [0.3, 0.4) is 0 Å². The van der Waals surface area contributed by atoms with Crippen LogP contribution in [-0.4, -0.2) is 0 Å². The molecule has 0 saturated carbocycles. The Bertz CT molecular complexity index is 165. The van der Waals surface area contributed by atoms with Gasteiger partial charge in [0.2, 0.25) is 0 Å². The molecule has 0 amide bonds. The summed E-state index contributed by atoms with van der Waals surface area (Å²) in [7, 11) is 0. The SMILES string of the molecule is CCC/C=C\C=C\CCCCCCCCC. The first kappa shape index (κ1) is 15.5. The van der Waals surface area contributed by atoms with Gasteiger partial charge in [-0.3, -0.25) is 0 Å². The van der Waals surface area contributed by atoms with Crippen molar-refractivity contribution in [2.45, 2.75) is 78.1 Å². The molecule has 16 heavy (non-hydrogen) atoms. The summed E-state index contributed by atoms with van der Waals surface area (Å²) in [5, 5.41) is 0. The molecule has 0 heteroatoms. The van der Waals surface area contributed by atoms with E-state index in [4.69, 9.17) is 0 Å². The number of allylic oxidation sites excluding steroid dienone is 4. The van der Waals surface area contributed by atoms with Crippen LogP contribution >= 0.6 is 0 Å². The second-order valence-corrected chi connectivity index (χ2v) is 4.55. The summed E-state index contributed by atoms with van der Waals surface area (Å²) in [4.78, 5) is 0. The third kappa shape index (κ3) is 13.5. The molecule has 0 aliphatic rings. The van der Waals surface area contributed by atoms with Crippen LogP contribution in [0.2, 0.25) is 0 Å². The standard InChI is InChI=1S/C16H30/c1-3-5-7-9-11-13-15-16-14-12-10-8-6-4-2/h7,9,11,13H,3-6,8,10,12,14-16H2,1-2H3/b9-7-,13-11+. The van der Waals surface area contributed by atoms with Crippen LogP contribution in [0.4, 0.5) is 0 Å². The van der Waals surface area contributed by atoms with E-state index in [-0.39, 0.29) is 0 Å². The lowest BCUT2D eigenvalue weighted by molar-refractivity contribution is 0.592. The molecule has 0 atom stereocenters. The Labute approximate surface area is 103 Å². The van der Waals surface area contributed by atoms with E-state index >= 15 is 0 Å². The molecule has 94 valence electrons. The van der Waals surface area contributed by atoms with Crippen LogP contribution in [0.15, 0.2) is 24.3 Å². The fourth-order valence-electron chi connectivity index (χ4n) is 1.74. The van der Waals surface area contributed by atoms with E-state index in [1.54, 1.807) is 0 Å². The number of rotatable bonds is 11. The third-order valence-corrected chi connectivity index (χ3v) is 2.81. The van der Waals surface area contributed by atoms with E-state index in [2.05, 4.69) is 38.2 Å². The molecule has 0 rings (SSSR count). The van der Waals surface area contributed by atoms with Crippen LogP contribution in [-0.2, 0) is 0 Å². The average Bonchev–Trinajstić information content (AvgIpc) is 2.31. The number of unbranched alkanes of at least 4 members (excludes halogenated alkanes) is 8. The number of hydrogen-bond acceptors (Lipinski definition) is 0. The van der Waals surface area contributed by atoms with Gasteiger partial charge in [0, 0.05) is 0 Å². The Hall–Kier alpha value is -0.520. The van der Waals surface area contributed by atoms with Crippen molar-refractivity contribution in [3.05, 3.63) is 24.3 Å². The highest BCUT2D eigenvalue weighted by atomic mass is 13.9. The minimum Gasteiger partial charge on any atom is -0.0846 e. The summed E-state index contributed by atoms with van der Waals surface area (Å²) in [5.41, 5.74) is 0. The molecule has 0 aromatic carbocycles. The maximum atomic E-state index is 2.30. The summed E-state index contributed by atoms with van der Waals surface area (Å²) in [6.45, 7) is 4.49. The molecule has 0 radical (unpaired) electrons. The van der Waals surface area contributed by atoms with E-state index in [9.17, 15) is 0 Å². The molecule has 0 aromatic rings. The molecule has 0 spiro atoms. The van der Waals surface area contributed by atoms with Gasteiger partial charge in [-0.2, -0.15) is 0 Å². The van der Waals surface area contributed by atoms with Crippen molar-refractivity contribution in [2.24, 2.45) is 0 Å². The minimum atomic E-state index is 1.21. The summed E-state index contributed by atoms with van der Waals surface area (Å²) >= 11 is 0. The van der Waals surface area contributed by atoms with E-state index in [0.29, 0.717) is 0 Å². The lowest BCUT2D eigenvalue weighted by Gasteiger charge is -1.98. The largest absolute Gasteiger partial charge is 0.0846 e. The maximum Gasteiger partial charge on any atom is -0.0348 e. The van der Waals surface area contributed by atoms with Crippen molar-refractivity contribution in [3.63, 3.8) is 0 Å². The second-order valence-electron chi connectivity index (χ2n) is 4.55. The van der Waals surface area contributed by atoms with E-state index < -0.39 is 0 Å². The summed E-state index contributed by atoms with van der Waals surface area (Å²) in [6, 6.07) is 0. The fraction of sp³-hybridized carbons (Fsp3) is 0.750. The predicted molar refractivity (Wildman–Crippen MR) is 75.8 cm³/mol. The van der Waals surface area contributed by atoms with Crippen molar-refractivity contribution >= 4 is 0 Å². The molecule has 0 saturated heterocycles. The lowest BCUT2D eigenvalue weighted by atomic mass is 10.1. The Morgan fingerprint density at radius 2 is 1.12 bits per heavy atom. The van der Waals surface area contributed by atoms with Gasteiger partial charge in [0.15, 0.2) is 0 Å². The molecular formula is C16H30. The molecular weight excluding hydrogens is 192 g/mol. The average molecular weight is 222 g/mol. The van der Waals surface area contributed by atoms with Gasteiger partial charge in [-0.05, 0) is 19.3 Å². The topological polar surface area (TPSA) is 0 Å². The molecule has 0 aromatic heterocycles. The van der Waals surface area contributed by atoms with Gasteiger partial charge in [-0.25, -0.2) is 0 Å². The van der Waals surface area contributed by atoms with Gasteiger partial charge in [-0.1, -0.05) is 83.1 Å². The zero-order valence-electron chi connectivity index (χ0n) is 11.4. The Morgan fingerprint density at radius 3 is 1.75 bits per heavy atom. The lowest BCUT2D eigenvalue weighted by Crippen LogP contribution is -1.78. The molecule has 0 bridgehead atoms. The van der Waals surface area contributed by atoms with E-state index in [1.165, 1.54) is 64.2 Å². The van der Waals surface area contributed by atoms with Crippen LogP contribution in [0.25, 0.3) is 0 Å². The van der Waals surface area contributed by atoms with Crippen LogP contribution in [0, 0.1) is 0 Å². The first-order chi connectivity index (χ1) is 7.91. The van der Waals surface area contributed by atoms with Gasteiger partial charge >= 0.3 is 0 Å². The number of hydrogen-bond donors (Lipinski definition) is 0. The van der Waals surface area contributed by atoms with Crippen molar-refractivity contribution in [3.8, 4) is 0 Å². The molecule has 0 nitrogen and oxygen atoms in total. The normalized spacial score (nSPS) is 11.9. The molecule has 0 N–H and O–H groups in total. The van der Waals surface area contributed by atoms with Gasteiger partial charge in [0.25, 0.3) is 0 Å². The van der Waals surface area contributed by atoms with E-state index in [1.807, 2.05) is 0 Å². The molecule has 0 aliphatic heterocycles. The zero-order valence-corrected chi connectivity index (χ0v) is 11.4. The Kier molecular flexibility index (Phi) is 14.0. The molecule has 0 unspecified atom stereocenters. The Balaban J connectivity index is 3.08. The van der Waals surface area contributed by atoms with Gasteiger partial charge in [0.05, 0.1) is 0 Å². The Morgan fingerprint density at radius 1 is 0.562 bits per heavy atom. The summed E-state index contributed by atoms with van der Waals surface area (Å²) in [5.74, 6) is 0. The zero-order chi connectivity index (χ0) is 11.9. The van der Waals surface area contributed by atoms with Crippen molar-refractivity contribution in [1.29, 1.82) is 0 Å².